The van der Waals surface area contributed by atoms with Gasteiger partial charge in [0.2, 0.25) is 0 Å². The lowest BCUT2D eigenvalue weighted by atomic mass is 10.2. The van der Waals surface area contributed by atoms with Crippen LogP contribution < -0.4 is 15.8 Å². The van der Waals surface area contributed by atoms with Gasteiger partial charge in [0, 0.05) is 13.1 Å². The van der Waals surface area contributed by atoms with Crippen LogP contribution in [-0.2, 0) is 6.42 Å². The summed E-state index contributed by atoms with van der Waals surface area (Å²) in [5.74, 6) is 0.543. The van der Waals surface area contributed by atoms with Gasteiger partial charge in [-0.25, -0.2) is 4.68 Å². The molecule has 23 heavy (non-hydrogen) atoms. The first-order valence-electron chi connectivity index (χ1n) is 7.76. The van der Waals surface area contributed by atoms with Crippen LogP contribution in [0.3, 0.4) is 0 Å². The van der Waals surface area contributed by atoms with Gasteiger partial charge in [0.05, 0.1) is 17.5 Å². The number of hydrogen-bond donors (Lipinski definition) is 2. The Morgan fingerprint density at radius 2 is 2.04 bits per heavy atom. The topological polar surface area (TPSA) is 95.1 Å². The molecule has 2 aromatic rings. The summed E-state index contributed by atoms with van der Waals surface area (Å²) in [7, 11) is 0. The van der Waals surface area contributed by atoms with Crippen molar-refractivity contribution in [3.63, 3.8) is 0 Å². The number of amides is 1. The highest BCUT2D eigenvalue weighted by Gasteiger charge is 2.18. The van der Waals surface area contributed by atoms with Gasteiger partial charge in [-0.2, -0.15) is 0 Å². The third-order valence-electron chi connectivity index (χ3n) is 3.20. The Labute approximate surface area is 135 Å². The second-order valence-electron chi connectivity index (χ2n) is 5.36. The van der Waals surface area contributed by atoms with Crippen LogP contribution in [0.2, 0.25) is 0 Å². The summed E-state index contributed by atoms with van der Waals surface area (Å²) in [6.45, 7) is 6.72. The summed E-state index contributed by atoms with van der Waals surface area (Å²) in [5.41, 5.74) is 7.34. The lowest BCUT2D eigenvalue weighted by Gasteiger charge is -2.11. The van der Waals surface area contributed by atoms with Gasteiger partial charge in [-0.3, -0.25) is 4.79 Å². The average molecular weight is 317 g/mol. The van der Waals surface area contributed by atoms with E-state index < -0.39 is 0 Å². The molecule has 2 rings (SSSR count). The molecular weight excluding hydrogens is 294 g/mol. The molecule has 1 aromatic heterocycles. The van der Waals surface area contributed by atoms with E-state index in [1.165, 1.54) is 0 Å². The lowest BCUT2D eigenvalue weighted by molar-refractivity contribution is 0.0948. The fourth-order valence-corrected chi connectivity index (χ4v) is 2.21. The molecule has 0 bridgehead atoms. The van der Waals surface area contributed by atoms with Crippen LogP contribution >= 0.6 is 0 Å². The second-order valence-corrected chi connectivity index (χ2v) is 5.36. The summed E-state index contributed by atoms with van der Waals surface area (Å²) in [5, 5.41) is 10.8. The highest BCUT2D eigenvalue weighted by molar-refractivity contribution is 5.93. The monoisotopic (exact) mass is 317 g/mol. The van der Waals surface area contributed by atoms with Crippen LogP contribution in [0.5, 0.6) is 5.75 Å². The van der Waals surface area contributed by atoms with Crippen molar-refractivity contribution < 1.29 is 9.53 Å². The number of nitrogens with one attached hydrogen (secondary N) is 1. The zero-order valence-electron chi connectivity index (χ0n) is 13.7. The molecule has 0 radical (unpaired) electrons. The van der Waals surface area contributed by atoms with Crippen molar-refractivity contribution in [1.29, 1.82) is 0 Å². The average Bonchev–Trinajstić information content (AvgIpc) is 2.96. The van der Waals surface area contributed by atoms with Gasteiger partial charge in [-0.05, 0) is 44.5 Å². The molecule has 0 saturated carbocycles. The number of aromatic nitrogens is 3. The summed E-state index contributed by atoms with van der Waals surface area (Å²) in [6, 6.07) is 7.55. The Kier molecular flexibility index (Phi) is 5.70. The van der Waals surface area contributed by atoms with Gasteiger partial charge in [0.1, 0.15) is 5.75 Å². The van der Waals surface area contributed by atoms with Crippen molar-refractivity contribution in [2.45, 2.75) is 33.3 Å². The number of hydrogen-bond acceptors (Lipinski definition) is 5. The first-order valence-corrected chi connectivity index (χ1v) is 7.76. The molecule has 124 valence electrons. The molecule has 0 spiro atoms. The van der Waals surface area contributed by atoms with Crippen LogP contribution in [0.15, 0.2) is 24.3 Å². The van der Waals surface area contributed by atoms with Crippen molar-refractivity contribution in [1.82, 2.24) is 20.3 Å². The molecule has 7 nitrogen and oxygen atoms in total. The maximum absolute atomic E-state index is 12.1. The summed E-state index contributed by atoms with van der Waals surface area (Å²) < 4.78 is 7.31. The molecule has 0 saturated heterocycles. The molecule has 0 fully saturated rings. The minimum Gasteiger partial charge on any atom is -0.491 e. The van der Waals surface area contributed by atoms with E-state index >= 15 is 0 Å². The van der Waals surface area contributed by atoms with Gasteiger partial charge in [0.25, 0.3) is 5.91 Å². The number of benzene rings is 1. The largest absolute Gasteiger partial charge is 0.491 e. The van der Waals surface area contributed by atoms with Crippen LogP contribution in [0.1, 0.15) is 37.0 Å². The normalized spacial score (nSPS) is 10.8. The number of carbonyl (C=O) groups is 1. The van der Waals surface area contributed by atoms with Gasteiger partial charge in [0.15, 0.2) is 5.69 Å². The smallest absolute Gasteiger partial charge is 0.273 e. The summed E-state index contributed by atoms with van der Waals surface area (Å²) in [4.78, 5) is 12.1. The number of ether oxygens (including phenoxy) is 1. The van der Waals surface area contributed by atoms with E-state index in [1.54, 1.807) is 4.68 Å². The lowest BCUT2D eigenvalue weighted by Crippen LogP contribution is -2.30. The molecule has 0 aliphatic heterocycles. The van der Waals surface area contributed by atoms with Crippen molar-refractivity contribution in [2.24, 2.45) is 5.73 Å². The molecule has 1 amide bonds. The molecular formula is C16H23N5O2. The Morgan fingerprint density at radius 1 is 1.35 bits per heavy atom. The maximum Gasteiger partial charge on any atom is 0.273 e. The fourth-order valence-electron chi connectivity index (χ4n) is 2.21. The number of rotatable bonds is 7. The first-order chi connectivity index (χ1) is 11.1. The highest BCUT2D eigenvalue weighted by Crippen LogP contribution is 2.18. The Morgan fingerprint density at radius 3 is 2.61 bits per heavy atom. The van der Waals surface area contributed by atoms with Crippen LogP contribution in [0.4, 0.5) is 0 Å². The first kappa shape index (κ1) is 17.0. The van der Waals surface area contributed by atoms with E-state index in [2.05, 4.69) is 15.6 Å². The Hall–Kier alpha value is -2.41. The van der Waals surface area contributed by atoms with Gasteiger partial charge >= 0.3 is 0 Å². The van der Waals surface area contributed by atoms with E-state index in [-0.39, 0.29) is 12.0 Å². The molecule has 0 aliphatic carbocycles. The highest BCUT2D eigenvalue weighted by atomic mass is 16.5. The predicted octanol–water partition coefficient (Wildman–Crippen LogP) is 1.31. The molecule has 0 atom stereocenters. The van der Waals surface area contributed by atoms with Crippen molar-refractivity contribution in [3.8, 4) is 11.4 Å². The fraction of sp³-hybridized carbons (Fsp3) is 0.438. The summed E-state index contributed by atoms with van der Waals surface area (Å²) >= 11 is 0. The van der Waals surface area contributed by atoms with Crippen LogP contribution in [0.25, 0.3) is 5.69 Å². The third-order valence-corrected chi connectivity index (χ3v) is 3.20. The van der Waals surface area contributed by atoms with Crippen molar-refractivity contribution in [3.05, 3.63) is 35.7 Å². The van der Waals surface area contributed by atoms with Crippen LogP contribution in [-0.4, -0.2) is 40.1 Å². The van der Waals surface area contributed by atoms with E-state index in [4.69, 9.17) is 10.5 Å². The Bertz CT molecular complexity index is 649. The maximum atomic E-state index is 12.1. The molecule has 0 aliphatic rings. The quantitative estimate of drug-likeness (QED) is 0.802. The summed E-state index contributed by atoms with van der Waals surface area (Å²) in [6.07, 6.45) is 0.763. The second kappa shape index (κ2) is 7.73. The van der Waals surface area contributed by atoms with Gasteiger partial charge in [-0.15, -0.1) is 5.10 Å². The minimum atomic E-state index is -0.252. The van der Waals surface area contributed by atoms with E-state index in [0.29, 0.717) is 25.2 Å². The molecule has 7 heteroatoms. The third kappa shape index (κ3) is 4.07. The zero-order valence-corrected chi connectivity index (χ0v) is 13.7. The van der Waals surface area contributed by atoms with Crippen molar-refractivity contribution in [2.75, 3.05) is 13.1 Å². The van der Waals surface area contributed by atoms with E-state index in [9.17, 15) is 4.79 Å². The van der Waals surface area contributed by atoms with E-state index in [0.717, 1.165) is 17.1 Å². The zero-order chi connectivity index (χ0) is 16.8. The molecule has 3 N–H and O–H groups in total. The molecule has 1 heterocycles. The number of carbonyl (C=O) groups excluding carboxylic acids is 1. The number of nitrogens with two attached hydrogens (primary N) is 1. The number of nitrogens with zero attached hydrogens (tertiary/aromatic N) is 3. The van der Waals surface area contributed by atoms with Crippen molar-refractivity contribution >= 4 is 5.91 Å². The molecule has 1 aromatic carbocycles. The Balaban J connectivity index is 2.26. The minimum absolute atomic E-state index is 0.122. The SMILES string of the molecule is CCc1c(C(=O)NCCN)nnn1-c1ccc(OC(C)C)cc1. The van der Waals surface area contributed by atoms with Gasteiger partial charge in [-0.1, -0.05) is 12.1 Å². The van der Waals surface area contributed by atoms with Gasteiger partial charge < -0.3 is 15.8 Å². The molecule has 0 unspecified atom stereocenters. The van der Waals surface area contributed by atoms with E-state index in [1.807, 2.05) is 45.0 Å². The van der Waals surface area contributed by atoms with Crippen LogP contribution in [0, 0.1) is 0 Å². The standard InChI is InChI=1S/C16H23N5O2/c1-4-14-15(16(22)18-10-9-17)19-20-21(14)12-5-7-13(8-6-12)23-11(2)3/h5-8,11H,4,9-10,17H2,1-3H3,(H,18,22). The predicted molar refractivity (Wildman–Crippen MR) is 87.9 cm³/mol.